The van der Waals surface area contributed by atoms with E-state index in [9.17, 15) is 0 Å². The molecule has 0 amide bonds. The van der Waals surface area contributed by atoms with Gasteiger partial charge in [0.25, 0.3) is 0 Å². The molecule has 0 aliphatic heterocycles. The maximum atomic E-state index is 4.05. The van der Waals surface area contributed by atoms with Crippen LogP contribution in [0.15, 0.2) is 24.4 Å². The average molecular weight is 326 g/mol. The van der Waals surface area contributed by atoms with Crippen molar-refractivity contribution in [1.82, 2.24) is 4.98 Å². The van der Waals surface area contributed by atoms with E-state index in [1.54, 1.807) is 6.20 Å². The fourth-order valence-electron chi connectivity index (χ4n) is 0.609. The molecule has 0 aromatic carbocycles. The van der Waals surface area contributed by atoms with Gasteiger partial charge < -0.3 is 4.98 Å². The first kappa shape index (κ1) is 13.2. The predicted octanol–water partition coefficient (Wildman–Crippen LogP) is 2.55. The number of hydrogen-bond donors (Lipinski definition) is 0. The van der Waals surface area contributed by atoms with Gasteiger partial charge in [0.2, 0.25) is 0 Å². The molecule has 1 radical (unpaired) electrons. The molecule has 0 atom stereocenters. The monoisotopic (exact) mass is 327 g/mol. The van der Waals surface area contributed by atoms with Crippen molar-refractivity contribution >= 4 is 6.08 Å². The number of nitrogens with zero attached hydrogens (tertiary/aromatic N) is 1. The zero-order valence-corrected chi connectivity index (χ0v) is 8.06. The fraction of sp³-hybridized carbons (Fsp3) is 0.222. The fourth-order valence-corrected chi connectivity index (χ4v) is 0.609. The Morgan fingerprint density at radius 3 is 2.64 bits per heavy atom. The Hall–Kier alpha value is -0.461. The van der Waals surface area contributed by atoms with Gasteiger partial charge in [-0.15, -0.1) is 13.0 Å². The summed E-state index contributed by atoms with van der Waals surface area (Å²) in [6.07, 6.45) is 6.51. The Labute approximate surface area is 81.9 Å². The summed E-state index contributed by atoms with van der Waals surface area (Å²) in [7, 11) is 0. The molecule has 0 saturated heterocycles. The molecule has 63 valence electrons. The van der Waals surface area contributed by atoms with Crippen molar-refractivity contribution < 1.29 is 20.1 Å². The van der Waals surface area contributed by atoms with Gasteiger partial charge in [-0.1, -0.05) is 19.2 Å². The minimum atomic E-state index is 0. The Kier molecular flexibility index (Phi) is 9.14. The number of hydrogen-bond acceptors (Lipinski definition) is 1. The molecule has 11 heavy (non-hydrogen) atoms. The largest absolute Gasteiger partial charge is 0.351 e. The van der Waals surface area contributed by atoms with Gasteiger partial charge in [-0.2, -0.15) is 0 Å². The smallest absolute Gasteiger partial charge is 0.00534 e. The summed E-state index contributed by atoms with van der Waals surface area (Å²) in [5.41, 5.74) is 0.958. The van der Waals surface area contributed by atoms with Crippen LogP contribution in [-0.4, -0.2) is 4.98 Å². The van der Waals surface area contributed by atoms with Crippen LogP contribution < -0.4 is 0 Å². The Bertz CT molecular complexity index is 194. The average Bonchev–Trinajstić information content (AvgIpc) is 1.91. The van der Waals surface area contributed by atoms with Gasteiger partial charge in [0.05, 0.1) is 0 Å². The summed E-state index contributed by atoms with van der Waals surface area (Å²) in [6.45, 7) is 1.86. The van der Waals surface area contributed by atoms with Crippen LogP contribution in [0.2, 0.25) is 0 Å². The molecule has 0 aliphatic carbocycles. The van der Waals surface area contributed by atoms with Gasteiger partial charge in [0, 0.05) is 26.3 Å². The minimum absolute atomic E-state index is 0. The Morgan fingerprint density at radius 2 is 2.18 bits per heavy atom. The van der Waals surface area contributed by atoms with Gasteiger partial charge in [-0.25, -0.2) is 6.08 Å². The van der Waals surface area contributed by atoms with Gasteiger partial charge >= 0.3 is 0 Å². The van der Waals surface area contributed by atoms with Crippen LogP contribution in [0.25, 0.3) is 6.08 Å². The molecule has 1 aromatic rings. The summed E-state index contributed by atoms with van der Waals surface area (Å²) in [5.74, 6) is 0. The summed E-state index contributed by atoms with van der Waals surface area (Å²) < 4.78 is 0. The molecular weight excluding hydrogens is 314 g/mol. The molecule has 0 spiro atoms. The zero-order valence-electron chi connectivity index (χ0n) is 5.67. The van der Waals surface area contributed by atoms with Crippen LogP contribution >= 0.6 is 0 Å². The van der Waals surface area contributed by atoms with E-state index in [0.717, 1.165) is 5.69 Å². The quantitative estimate of drug-likeness (QED) is 0.723. The minimum Gasteiger partial charge on any atom is -0.351 e. The molecule has 0 fully saturated rings. The van der Waals surface area contributed by atoms with Crippen molar-refractivity contribution in [1.29, 1.82) is 0 Å². The van der Waals surface area contributed by atoms with Crippen LogP contribution in [0.3, 0.4) is 0 Å². The van der Waals surface area contributed by atoms with Crippen LogP contribution in [0, 0.1) is 6.08 Å². The first-order valence-corrected chi connectivity index (χ1v) is 2.85. The summed E-state index contributed by atoms with van der Waals surface area (Å²) in [4.78, 5) is 4.05. The Balaban J connectivity index is 0. The van der Waals surface area contributed by atoms with Gasteiger partial charge in [-0.3, -0.25) is 6.08 Å². The van der Waals surface area contributed by atoms with E-state index in [4.69, 9.17) is 0 Å². The van der Waals surface area contributed by atoms with E-state index in [1.807, 2.05) is 31.2 Å². The van der Waals surface area contributed by atoms with Crippen molar-refractivity contribution in [3.63, 3.8) is 0 Å². The van der Waals surface area contributed by atoms with Crippen LogP contribution in [0.4, 0.5) is 0 Å². The summed E-state index contributed by atoms with van der Waals surface area (Å²) >= 11 is 0. The molecular formula is C9H12IrN-. The molecule has 0 bridgehead atoms. The molecule has 0 unspecified atom stereocenters. The maximum absolute atomic E-state index is 4.05. The topological polar surface area (TPSA) is 12.9 Å². The number of allylic oxidation sites excluding steroid dienone is 1. The van der Waals surface area contributed by atoms with E-state index in [1.165, 1.54) is 0 Å². The van der Waals surface area contributed by atoms with Crippen LogP contribution in [-0.2, 0) is 20.1 Å². The normalized spacial score (nSPS) is 8.45. The maximum Gasteiger partial charge on any atom is 0.00534 e. The van der Waals surface area contributed by atoms with E-state index < -0.39 is 0 Å². The molecule has 1 nitrogen and oxygen atoms in total. The van der Waals surface area contributed by atoms with Crippen molar-refractivity contribution in [2.24, 2.45) is 0 Å². The van der Waals surface area contributed by atoms with E-state index in [0.29, 0.717) is 0 Å². The Morgan fingerprint density at radius 1 is 1.45 bits per heavy atom. The number of rotatable bonds is 1. The zero-order chi connectivity index (χ0) is 6.53. The second-order valence-corrected chi connectivity index (χ2v) is 1.69. The standard InChI is InChI=1S/C8H8N.CH4.Ir/c1-2-5-8-6-3-4-7-9-8;;/h3-7H,1H3;1H4;/q-1;;. The third-order valence-electron chi connectivity index (χ3n) is 0.980. The first-order valence-electron chi connectivity index (χ1n) is 2.85. The predicted molar refractivity (Wildman–Crippen MR) is 44.3 cm³/mol. The molecule has 1 rings (SSSR count). The van der Waals surface area contributed by atoms with Gasteiger partial charge in [0.1, 0.15) is 0 Å². The number of pyridine rings is 1. The van der Waals surface area contributed by atoms with E-state index >= 15 is 0 Å². The van der Waals surface area contributed by atoms with Gasteiger partial charge in [0.15, 0.2) is 0 Å². The second-order valence-electron chi connectivity index (χ2n) is 1.69. The van der Waals surface area contributed by atoms with Crippen LogP contribution in [0.5, 0.6) is 0 Å². The van der Waals surface area contributed by atoms with Crippen molar-refractivity contribution in [3.8, 4) is 0 Å². The molecule has 0 N–H and O–H groups in total. The van der Waals surface area contributed by atoms with Crippen molar-refractivity contribution in [3.05, 3.63) is 36.2 Å². The van der Waals surface area contributed by atoms with Crippen molar-refractivity contribution in [2.45, 2.75) is 14.4 Å². The van der Waals surface area contributed by atoms with Crippen molar-refractivity contribution in [2.75, 3.05) is 0 Å². The third-order valence-corrected chi connectivity index (χ3v) is 0.980. The van der Waals surface area contributed by atoms with E-state index in [-0.39, 0.29) is 27.5 Å². The second kappa shape index (κ2) is 7.64. The van der Waals surface area contributed by atoms with E-state index in [2.05, 4.69) is 11.1 Å². The molecule has 0 aliphatic rings. The summed E-state index contributed by atoms with van der Waals surface area (Å²) in [6, 6.07) is 5.79. The summed E-state index contributed by atoms with van der Waals surface area (Å²) in [5, 5.41) is 0. The van der Waals surface area contributed by atoms with Crippen LogP contribution in [0.1, 0.15) is 20.0 Å². The molecule has 1 heterocycles. The molecule has 1 aromatic heterocycles. The van der Waals surface area contributed by atoms with Gasteiger partial charge in [-0.05, 0) is 6.07 Å². The SMILES string of the molecule is C.C[C-]=Cc1ccccn1.[Ir]. The third kappa shape index (κ3) is 4.88. The first-order chi connectivity index (χ1) is 4.43. The molecule has 2 heteroatoms. The molecule has 0 saturated carbocycles. The number of aromatic nitrogens is 1.